The van der Waals surface area contributed by atoms with Gasteiger partial charge in [0.05, 0.1) is 25.8 Å². The summed E-state index contributed by atoms with van der Waals surface area (Å²) in [6, 6.07) is 8.07. The number of ether oxygens (including phenoxy) is 1. The number of amides is 1. The summed E-state index contributed by atoms with van der Waals surface area (Å²) >= 11 is 0. The maximum atomic E-state index is 12.7. The molecule has 4 rings (SSSR count). The first-order chi connectivity index (χ1) is 11.7. The summed E-state index contributed by atoms with van der Waals surface area (Å²) in [5.74, 6) is 1.03. The van der Waals surface area contributed by atoms with E-state index in [0.29, 0.717) is 25.6 Å². The molecule has 24 heavy (non-hydrogen) atoms. The minimum absolute atomic E-state index is 0.00291. The number of hydrogen-bond acceptors (Lipinski definition) is 3. The van der Waals surface area contributed by atoms with Crippen molar-refractivity contribution >= 4 is 5.91 Å². The van der Waals surface area contributed by atoms with Crippen LogP contribution in [0.2, 0.25) is 0 Å². The number of aromatic nitrogens is 2. The van der Waals surface area contributed by atoms with Gasteiger partial charge in [-0.25, -0.2) is 0 Å². The first-order valence-electron chi connectivity index (χ1n) is 8.64. The van der Waals surface area contributed by atoms with Crippen molar-refractivity contribution < 1.29 is 9.53 Å². The van der Waals surface area contributed by atoms with Gasteiger partial charge in [-0.2, -0.15) is 0 Å². The lowest BCUT2D eigenvalue weighted by atomic mass is 10.2. The van der Waals surface area contributed by atoms with Crippen molar-refractivity contribution in [2.24, 2.45) is 11.8 Å². The molecule has 1 amide bonds. The molecule has 1 aliphatic heterocycles. The van der Waals surface area contributed by atoms with E-state index in [-0.39, 0.29) is 17.9 Å². The van der Waals surface area contributed by atoms with E-state index in [0.717, 1.165) is 18.5 Å². The number of hydrogen-bond donors (Lipinski definition) is 0. The van der Waals surface area contributed by atoms with E-state index < -0.39 is 0 Å². The van der Waals surface area contributed by atoms with E-state index in [4.69, 9.17) is 4.74 Å². The summed E-state index contributed by atoms with van der Waals surface area (Å²) in [5.41, 5.74) is 2.24. The maximum absolute atomic E-state index is 12.7. The van der Waals surface area contributed by atoms with E-state index in [1.165, 1.54) is 5.69 Å². The van der Waals surface area contributed by atoms with Crippen LogP contribution in [0, 0.1) is 11.8 Å². The number of carbonyl (C=O) groups excluding carboxylic acids is 1. The third-order valence-corrected chi connectivity index (χ3v) is 5.05. The standard InChI is InChI=1S/C19H23N3O2/c1-14-8-18(14)19(23)22-10-16-5-3-7-21(16)11-17(12-22)24-13-15-4-2-6-20-9-15/h2-7,9,14,17-18H,8,10-13H2,1H3/t14-,17+,18-/m1/s1. The molecule has 0 unspecified atom stereocenters. The lowest BCUT2D eigenvalue weighted by Gasteiger charge is -2.24. The normalized spacial score (nSPS) is 25.9. The smallest absolute Gasteiger partial charge is 0.226 e. The topological polar surface area (TPSA) is 47.4 Å². The van der Waals surface area contributed by atoms with Crippen molar-refractivity contribution in [3.8, 4) is 0 Å². The molecule has 3 atom stereocenters. The second-order valence-electron chi connectivity index (χ2n) is 6.98. The summed E-state index contributed by atoms with van der Waals surface area (Å²) in [7, 11) is 0. The van der Waals surface area contributed by atoms with E-state index in [1.54, 1.807) is 6.20 Å². The molecule has 1 aliphatic carbocycles. The van der Waals surface area contributed by atoms with E-state index in [2.05, 4.69) is 28.7 Å². The number of carbonyl (C=O) groups is 1. The van der Waals surface area contributed by atoms with Crippen LogP contribution < -0.4 is 0 Å². The lowest BCUT2D eigenvalue weighted by molar-refractivity contribution is -0.135. The molecule has 126 valence electrons. The molecule has 0 radical (unpaired) electrons. The van der Waals surface area contributed by atoms with Crippen LogP contribution in [0.5, 0.6) is 0 Å². The van der Waals surface area contributed by atoms with Crippen LogP contribution in [-0.4, -0.2) is 33.0 Å². The van der Waals surface area contributed by atoms with Gasteiger partial charge < -0.3 is 14.2 Å². The molecule has 1 fully saturated rings. The van der Waals surface area contributed by atoms with Gasteiger partial charge in [0.2, 0.25) is 5.91 Å². The Morgan fingerprint density at radius 1 is 1.33 bits per heavy atom. The summed E-state index contributed by atoms with van der Waals surface area (Å²) in [6.07, 6.45) is 6.68. The highest BCUT2D eigenvalue weighted by Crippen LogP contribution is 2.39. The molecule has 5 heteroatoms. The van der Waals surface area contributed by atoms with E-state index >= 15 is 0 Å². The summed E-state index contributed by atoms with van der Waals surface area (Å²) in [5, 5.41) is 0. The molecule has 2 aromatic rings. The van der Waals surface area contributed by atoms with Crippen LogP contribution in [0.3, 0.4) is 0 Å². The molecule has 0 N–H and O–H groups in total. The molecule has 2 aliphatic rings. The van der Waals surface area contributed by atoms with Crippen molar-refractivity contribution in [3.05, 3.63) is 54.1 Å². The lowest BCUT2D eigenvalue weighted by Crippen LogP contribution is -2.38. The fourth-order valence-electron chi connectivity index (χ4n) is 3.43. The summed E-state index contributed by atoms with van der Waals surface area (Å²) < 4.78 is 8.33. The second kappa shape index (κ2) is 6.40. The zero-order valence-corrected chi connectivity index (χ0v) is 14.0. The van der Waals surface area contributed by atoms with Crippen molar-refractivity contribution in [2.75, 3.05) is 6.54 Å². The Labute approximate surface area is 142 Å². The number of rotatable bonds is 4. The number of pyridine rings is 1. The highest BCUT2D eigenvalue weighted by molar-refractivity contribution is 5.81. The fraction of sp³-hybridized carbons (Fsp3) is 0.474. The SMILES string of the molecule is C[C@@H]1C[C@H]1C(=O)N1Cc2cccn2C[C@H](OCc2cccnc2)C1. The minimum Gasteiger partial charge on any atom is -0.370 e. The summed E-state index contributed by atoms with van der Waals surface area (Å²) in [4.78, 5) is 18.8. The molecule has 0 bridgehead atoms. The maximum Gasteiger partial charge on any atom is 0.226 e. The van der Waals surface area contributed by atoms with Crippen LogP contribution >= 0.6 is 0 Å². The zero-order chi connectivity index (χ0) is 16.5. The van der Waals surface area contributed by atoms with Crippen LogP contribution in [0.15, 0.2) is 42.9 Å². The van der Waals surface area contributed by atoms with Crippen molar-refractivity contribution in [2.45, 2.75) is 39.1 Å². The molecular formula is C19H23N3O2. The van der Waals surface area contributed by atoms with Gasteiger partial charge >= 0.3 is 0 Å². The van der Waals surface area contributed by atoms with Gasteiger partial charge in [-0.05, 0) is 36.1 Å². The Bertz CT molecular complexity index is 712. The second-order valence-corrected chi connectivity index (χ2v) is 6.98. The zero-order valence-electron chi connectivity index (χ0n) is 14.0. The Kier molecular flexibility index (Phi) is 4.10. The minimum atomic E-state index is -0.00291. The van der Waals surface area contributed by atoms with Gasteiger partial charge in [0.1, 0.15) is 0 Å². The van der Waals surface area contributed by atoms with Crippen molar-refractivity contribution in [1.82, 2.24) is 14.5 Å². The van der Waals surface area contributed by atoms with Gasteiger partial charge in [0.15, 0.2) is 0 Å². The van der Waals surface area contributed by atoms with Crippen molar-refractivity contribution in [3.63, 3.8) is 0 Å². The highest BCUT2D eigenvalue weighted by Gasteiger charge is 2.42. The average molecular weight is 325 g/mol. The van der Waals surface area contributed by atoms with Crippen LogP contribution in [0.25, 0.3) is 0 Å². The third kappa shape index (κ3) is 3.22. The van der Waals surface area contributed by atoms with Gasteiger partial charge in [-0.3, -0.25) is 9.78 Å². The Hall–Kier alpha value is -2.14. The number of fused-ring (bicyclic) bond motifs is 1. The molecule has 1 saturated carbocycles. The summed E-state index contributed by atoms with van der Waals surface area (Å²) in [6.45, 7) is 4.80. The molecule has 0 saturated heterocycles. The van der Waals surface area contributed by atoms with Crippen molar-refractivity contribution in [1.29, 1.82) is 0 Å². The largest absolute Gasteiger partial charge is 0.370 e. The monoisotopic (exact) mass is 325 g/mol. The predicted molar refractivity (Wildman–Crippen MR) is 89.9 cm³/mol. The molecule has 0 aromatic carbocycles. The third-order valence-electron chi connectivity index (χ3n) is 5.05. The van der Waals surface area contributed by atoms with Crippen LogP contribution in [0.1, 0.15) is 24.6 Å². The Morgan fingerprint density at radius 2 is 2.21 bits per heavy atom. The predicted octanol–water partition coefficient (Wildman–Crippen LogP) is 2.47. The first kappa shape index (κ1) is 15.4. The molecule has 5 nitrogen and oxygen atoms in total. The van der Waals surface area contributed by atoms with E-state index in [1.807, 2.05) is 29.3 Å². The van der Waals surface area contributed by atoms with Gasteiger partial charge in [-0.1, -0.05) is 13.0 Å². The molecule has 2 aromatic heterocycles. The molecular weight excluding hydrogens is 302 g/mol. The van der Waals surface area contributed by atoms with Crippen LogP contribution in [0.4, 0.5) is 0 Å². The van der Waals surface area contributed by atoms with Crippen LogP contribution in [-0.2, 0) is 29.2 Å². The first-order valence-corrected chi connectivity index (χ1v) is 8.64. The highest BCUT2D eigenvalue weighted by atomic mass is 16.5. The molecule has 0 spiro atoms. The Morgan fingerprint density at radius 3 is 2.96 bits per heavy atom. The van der Waals surface area contributed by atoms with E-state index in [9.17, 15) is 4.79 Å². The average Bonchev–Trinajstić information content (AvgIpc) is 3.23. The van der Waals surface area contributed by atoms with Gasteiger partial charge in [-0.15, -0.1) is 0 Å². The fourth-order valence-corrected chi connectivity index (χ4v) is 3.43. The van der Waals surface area contributed by atoms with Gasteiger partial charge in [0, 0.05) is 36.7 Å². The quantitative estimate of drug-likeness (QED) is 0.867. The van der Waals surface area contributed by atoms with Gasteiger partial charge in [0.25, 0.3) is 0 Å². The Balaban J connectivity index is 1.48. The number of nitrogens with zero attached hydrogens (tertiary/aromatic N) is 3. The molecule has 3 heterocycles.